The number of urea groups is 1. The summed E-state index contributed by atoms with van der Waals surface area (Å²) in [6, 6.07) is 15.9. The van der Waals surface area contributed by atoms with E-state index in [9.17, 15) is 14.4 Å². The smallest absolute Gasteiger partial charge is 0.323 e. The van der Waals surface area contributed by atoms with Gasteiger partial charge in [-0.05, 0) is 31.5 Å². The van der Waals surface area contributed by atoms with Crippen LogP contribution in [0.1, 0.15) is 18.1 Å². The molecule has 0 radical (unpaired) electrons. The number of rotatable bonds is 4. The fourth-order valence-corrected chi connectivity index (χ4v) is 3.46. The summed E-state index contributed by atoms with van der Waals surface area (Å²) in [6.45, 7) is 3.21. The first kappa shape index (κ1) is 18.6. The van der Waals surface area contributed by atoms with Crippen LogP contribution in [0.15, 0.2) is 60.8 Å². The molecule has 1 unspecified atom stereocenters. The molecule has 29 heavy (non-hydrogen) atoms. The van der Waals surface area contributed by atoms with E-state index in [-0.39, 0.29) is 6.54 Å². The van der Waals surface area contributed by atoms with Gasteiger partial charge in [-0.15, -0.1) is 0 Å². The van der Waals surface area contributed by atoms with E-state index in [0.717, 1.165) is 15.8 Å². The molecule has 7 nitrogen and oxygen atoms in total. The highest BCUT2D eigenvalue weighted by atomic mass is 16.2. The third-order valence-electron chi connectivity index (χ3n) is 5.11. The lowest BCUT2D eigenvalue weighted by Gasteiger charge is -2.22. The lowest BCUT2D eigenvalue weighted by atomic mass is 9.91. The Bertz CT molecular complexity index is 1120. The maximum absolute atomic E-state index is 13.0. The van der Waals surface area contributed by atoms with Crippen LogP contribution in [0.3, 0.4) is 0 Å². The van der Waals surface area contributed by atoms with Crippen LogP contribution in [0, 0.1) is 6.92 Å². The number of hydrogen-bond donors (Lipinski definition) is 2. The van der Waals surface area contributed by atoms with Gasteiger partial charge in [-0.25, -0.2) is 4.79 Å². The maximum Gasteiger partial charge on any atom is 0.325 e. The molecule has 0 saturated carbocycles. The Kier molecular flexibility index (Phi) is 4.50. The molecule has 4 rings (SSSR count). The van der Waals surface area contributed by atoms with Crippen molar-refractivity contribution in [3.8, 4) is 0 Å². The molecule has 2 heterocycles. The number of aryl methyl sites for hydroxylation is 1. The van der Waals surface area contributed by atoms with Crippen LogP contribution >= 0.6 is 0 Å². The van der Waals surface area contributed by atoms with Crippen molar-refractivity contribution in [1.29, 1.82) is 0 Å². The minimum atomic E-state index is -1.20. The molecule has 2 N–H and O–H groups in total. The van der Waals surface area contributed by atoms with Gasteiger partial charge in [-0.2, -0.15) is 0 Å². The number of fused-ring (bicyclic) bond motifs is 1. The standard InChI is InChI=1S/C22H20N4O3/c1-14-8-10-16(11-9-14)22(2)20(28)26(21(29)25-22)13-18(27)24-17-7-3-5-15-6-4-12-23-19(15)17/h3-12H,13H2,1-2H3,(H,24,27)(H,25,29). The molecule has 4 amide bonds. The predicted octanol–water partition coefficient (Wildman–Crippen LogP) is 2.95. The molecule has 1 fully saturated rings. The van der Waals surface area contributed by atoms with E-state index >= 15 is 0 Å². The third-order valence-corrected chi connectivity index (χ3v) is 5.11. The van der Waals surface area contributed by atoms with Crippen molar-refractivity contribution >= 4 is 34.4 Å². The van der Waals surface area contributed by atoms with E-state index in [4.69, 9.17) is 0 Å². The fraction of sp³-hybridized carbons (Fsp3) is 0.182. The molecular weight excluding hydrogens is 368 g/mol. The zero-order valence-corrected chi connectivity index (χ0v) is 16.1. The summed E-state index contributed by atoms with van der Waals surface area (Å²) >= 11 is 0. The first-order chi connectivity index (χ1) is 13.9. The highest BCUT2D eigenvalue weighted by Crippen LogP contribution is 2.29. The number of pyridine rings is 1. The van der Waals surface area contributed by atoms with Gasteiger partial charge in [0.25, 0.3) is 5.91 Å². The molecule has 1 aromatic heterocycles. The SMILES string of the molecule is Cc1ccc(C2(C)NC(=O)N(CC(=O)Nc3cccc4cccnc34)C2=O)cc1. The zero-order chi connectivity index (χ0) is 20.6. The van der Waals surface area contributed by atoms with Gasteiger partial charge in [0.15, 0.2) is 0 Å². The van der Waals surface area contributed by atoms with Crippen LogP contribution in [0.25, 0.3) is 10.9 Å². The first-order valence-corrected chi connectivity index (χ1v) is 9.23. The van der Waals surface area contributed by atoms with E-state index in [0.29, 0.717) is 16.8 Å². The Balaban J connectivity index is 1.53. The Labute approximate surface area is 167 Å². The van der Waals surface area contributed by atoms with Gasteiger partial charge in [-0.3, -0.25) is 19.5 Å². The highest BCUT2D eigenvalue weighted by Gasteiger charge is 2.49. The quantitative estimate of drug-likeness (QED) is 0.672. The number of nitrogens with one attached hydrogen (secondary N) is 2. The molecule has 0 bridgehead atoms. The Morgan fingerprint density at radius 2 is 1.83 bits per heavy atom. The van der Waals surface area contributed by atoms with Crippen molar-refractivity contribution in [1.82, 2.24) is 15.2 Å². The molecular formula is C22H20N4O3. The lowest BCUT2D eigenvalue weighted by molar-refractivity contribution is -0.133. The number of benzene rings is 2. The fourth-order valence-electron chi connectivity index (χ4n) is 3.46. The van der Waals surface area contributed by atoms with Crippen LogP contribution in [0.2, 0.25) is 0 Å². The second-order valence-corrected chi connectivity index (χ2v) is 7.24. The zero-order valence-electron chi connectivity index (χ0n) is 16.1. The average molecular weight is 388 g/mol. The largest absolute Gasteiger partial charge is 0.325 e. The maximum atomic E-state index is 13.0. The monoisotopic (exact) mass is 388 g/mol. The summed E-state index contributed by atoms with van der Waals surface area (Å²) in [5.74, 6) is -0.933. The molecule has 3 aromatic rings. The number of carbonyl (C=O) groups is 3. The number of nitrogens with zero attached hydrogens (tertiary/aromatic N) is 2. The van der Waals surface area contributed by atoms with Crippen LogP contribution in [0.4, 0.5) is 10.5 Å². The van der Waals surface area contributed by atoms with Gasteiger partial charge in [0.05, 0.1) is 11.2 Å². The van der Waals surface area contributed by atoms with E-state index in [2.05, 4.69) is 15.6 Å². The van der Waals surface area contributed by atoms with Crippen molar-refractivity contribution in [3.05, 3.63) is 71.9 Å². The summed E-state index contributed by atoms with van der Waals surface area (Å²) in [7, 11) is 0. The topological polar surface area (TPSA) is 91.4 Å². The van der Waals surface area contributed by atoms with Crippen LogP contribution < -0.4 is 10.6 Å². The number of imide groups is 1. The number of para-hydroxylation sites is 1. The summed E-state index contributed by atoms with van der Waals surface area (Å²) in [6.07, 6.45) is 1.64. The van der Waals surface area contributed by atoms with Gasteiger partial charge in [0, 0.05) is 11.6 Å². The molecule has 2 aromatic carbocycles. The van der Waals surface area contributed by atoms with Crippen LogP contribution in [0.5, 0.6) is 0 Å². The molecule has 0 aliphatic carbocycles. The minimum Gasteiger partial charge on any atom is -0.323 e. The van der Waals surface area contributed by atoms with Gasteiger partial charge < -0.3 is 10.6 Å². The third kappa shape index (κ3) is 3.31. The Morgan fingerprint density at radius 1 is 1.10 bits per heavy atom. The molecule has 146 valence electrons. The van der Waals surface area contributed by atoms with Crippen LogP contribution in [-0.4, -0.2) is 34.3 Å². The Morgan fingerprint density at radius 3 is 2.59 bits per heavy atom. The lowest BCUT2D eigenvalue weighted by Crippen LogP contribution is -2.42. The van der Waals surface area contributed by atoms with E-state index in [1.165, 1.54) is 0 Å². The summed E-state index contributed by atoms with van der Waals surface area (Å²) in [5, 5.41) is 6.34. The average Bonchev–Trinajstić information content (AvgIpc) is 2.92. The molecule has 1 saturated heterocycles. The summed E-state index contributed by atoms with van der Waals surface area (Å²) < 4.78 is 0. The molecule has 7 heteroatoms. The number of anilines is 1. The second-order valence-electron chi connectivity index (χ2n) is 7.24. The van der Waals surface area contributed by atoms with Gasteiger partial charge >= 0.3 is 6.03 Å². The molecule has 1 atom stereocenters. The minimum absolute atomic E-state index is 0.380. The van der Waals surface area contributed by atoms with Crippen molar-refractivity contribution in [2.24, 2.45) is 0 Å². The number of carbonyl (C=O) groups excluding carboxylic acids is 3. The number of amides is 4. The van der Waals surface area contributed by atoms with E-state index < -0.39 is 23.4 Å². The summed E-state index contributed by atoms with van der Waals surface area (Å²) in [5.41, 5.74) is 1.69. The van der Waals surface area contributed by atoms with Gasteiger partial charge in [0.2, 0.25) is 5.91 Å². The Hall–Kier alpha value is -3.74. The normalized spacial score (nSPS) is 18.8. The van der Waals surface area contributed by atoms with Crippen molar-refractivity contribution in [2.45, 2.75) is 19.4 Å². The predicted molar refractivity (Wildman–Crippen MR) is 109 cm³/mol. The molecule has 1 aliphatic heterocycles. The van der Waals surface area contributed by atoms with Gasteiger partial charge in [-0.1, -0.05) is 48.0 Å². The second kappa shape index (κ2) is 7.01. The van der Waals surface area contributed by atoms with Crippen molar-refractivity contribution < 1.29 is 14.4 Å². The van der Waals surface area contributed by atoms with E-state index in [1.807, 2.05) is 43.3 Å². The van der Waals surface area contributed by atoms with E-state index in [1.54, 1.807) is 31.3 Å². The number of hydrogen-bond acceptors (Lipinski definition) is 4. The van der Waals surface area contributed by atoms with Crippen molar-refractivity contribution in [2.75, 3.05) is 11.9 Å². The highest BCUT2D eigenvalue weighted by molar-refractivity contribution is 6.11. The summed E-state index contributed by atoms with van der Waals surface area (Å²) in [4.78, 5) is 43.2. The van der Waals surface area contributed by atoms with Crippen molar-refractivity contribution in [3.63, 3.8) is 0 Å². The molecule has 1 aliphatic rings. The van der Waals surface area contributed by atoms with Crippen LogP contribution in [-0.2, 0) is 15.1 Å². The van der Waals surface area contributed by atoms with Gasteiger partial charge in [0.1, 0.15) is 12.1 Å². The molecule has 0 spiro atoms. The number of aromatic nitrogens is 1. The first-order valence-electron chi connectivity index (χ1n) is 9.23.